The van der Waals surface area contributed by atoms with Crippen molar-refractivity contribution in [3.63, 3.8) is 0 Å². The Morgan fingerprint density at radius 3 is 1.71 bits per heavy atom. The second-order valence-electron chi connectivity index (χ2n) is 13.8. The summed E-state index contributed by atoms with van der Waals surface area (Å²) < 4.78 is 17.2. The van der Waals surface area contributed by atoms with E-state index >= 15 is 0 Å². The van der Waals surface area contributed by atoms with Crippen molar-refractivity contribution in [3.8, 4) is 5.75 Å². The highest BCUT2D eigenvalue weighted by molar-refractivity contribution is 5.87. The number of hydrogen-bond donors (Lipinski definition) is 2. The van der Waals surface area contributed by atoms with Crippen molar-refractivity contribution in [2.45, 2.75) is 116 Å². The molecule has 0 bridgehead atoms. The van der Waals surface area contributed by atoms with E-state index < -0.39 is 11.9 Å². The molecule has 7 nitrogen and oxygen atoms in total. The molecule has 2 aromatic rings. The molecule has 1 fully saturated rings. The summed E-state index contributed by atoms with van der Waals surface area (Å²) in [5.74, 6) is 0.755. The van der Waals surface area contributed by atoms with Crippen LogP contribution in [-0.2, 0) is 38.3 Å². The first-order chi connectivity index (χ1) is 23.7. The quantitative estimate of drug-likeness (QED) is 0.0735. The standard InChI is InChI=1S/C42H60O7/c1-6-7-8-11-32-14-16-34(17-15-32)35-18-20-36(21-19-35)39-26-37(12-9-23-48-41(45)30(2)3)40(47-25-22-33(28-43)29-44)38(27-39)13-10-24-49-42(46)31(4)5/h14-17,26-27,33,35-36,43-44H,2,4,6-13,18-25,28-29H2,1,3,5H3. The molecule has 0 heterocycles. The van der Waals surface area contributed by atoms with Crippen LogP contribution in [0.25, 0.3) is 0 Å². The lowest BCUT2D eigenvalue weighted by molar-refractivity contribution is -0.139. The summed E-state index contributed by atoms with van der Waals surface area (Å²) >= 11 is 0. The van der Waals surface area contributed by atoms with Crippen LogP contribution in [0.2, 0.25) is 0 Å². The van der Waals surface area contributed by atoms with Crippen molar-refractivity contribution in [1.29, 1.82) is 0 Å². The summed E-state index contributed by atoms with van der Waals surface area (Å²) in [6, 6.07) is 13.9. The van der Waals surface area contributed by atoms with Gasteiger partial charge in [-0.3, -0.25) is 0 Å². The van der Waals surface area contributed by atoms with Gasteiger partial charge in [-0.15, -0.1) is 0 Å². The van der Waals surface area contributed by atoms with Crippen LogP contribution >= 0.6 is 0 Å². The minimum absolute atomic E-state index is 0.105. The Hall–Kier alpha value is -3.42. The minimum Gasteiger partial charge on any atom is -0.493 e. The third-order valence-corrected chi connectivity index (χ3v) is 9.62. The fourth-order valence-corrected chi connectivity index (χ4v) is 6.54. The van der Waals surface area contributed by atoms with Crippen LogP contribution < -0.4 is 4.74 Å². The van der Waals surface area contributed by atoms with E-state index in [0.29, 0.717) is 61.7 Å². The summed E-state index contributed by atoms with van der Waals surface area (Å²) in [6.45, 7) is 13.6. The molecule has 0 aromatic heterocycles. The third-order valence-electron chi connectivity index (χ3n) is 9.62. The average Bonchev–Trinajstić information content (AvgIpc) is 3.11. The van der Waals surface area contributed by atoms with Crippen molar-refractivity contribution in [1.82, 2.24) is 0 Å². The number of aryl methyl sites for hydroxylation is 3. The van der Waals surface area contributed by atoms with Crippen molar-refractivity contribution in [2.75, 3.05) is 33.0 Å². The smallest absolute Gasteiger partial charge is 0.333 e. The summed E-state index contributed by atoms with van der Waals surface area (Å²) in [4.78, 5) is 24.0. The lowest BCUT2D eigenvalue weighted by atomic mass is 9.75. The normalized spacial score (nSPS) is 16.0. The molecule has 0 spiro atoms. The molecule has 0 unspecified atom stereocenters. The summed E-state index contributed by atoms with van der Waals surface area (Å²) in [6.07, 6.45) is 12.5. The van der Waals surface area contributed by atoms with Gasteiger partial charge in [0.1, 0.15) is 5.75 Å². The Kier molecular flexibility index (Phi) is 17.7. The van der Waals surface area contributed by atoms with Gasteiger partial charge in [-0.2, -0.15) is 0 Å². The maximum Gasteiger partial charge on any atom is 0.333 e. The predicted molar refractivity (Wildman–Crippen MR) is 196 cm³/mol. The van der Waals surface area contributed by atoms with Gasteiger partial charge in [0.25, 0.3) is 0 Å². The summed E-state index contributed by atoms with van der Waals surface area (Å²) in [5, 5.41) is 19.2. The number of aliphatic hydroxyl groups is 2. The molecule has 3 rings (SSSR count). The monoisotopic (exact) mass is 676 g/mol. The number of hydrogen-bond acceptors (Lipinski definition) is 7. The Bertz CT molecular complexity index is 1280. The van der Waals surface area contributed by atoms with Crippen molar-refractivity contribution in [2.24, 2.45) is 5.92 Å². The lowest BCUT2D eigenvalue weighted by Gasteiger charge is -2.30. The van der Waals surface area contributed by atoms with Gasteiger partial charge in [0.2, 0.25) is 0 Å². The molecule has 1 aliphatic carbocycles. The van der Waals surface area contributed by atoms with E-state index in [1.165, 1.54) is 36.0 Å². The van der Waals surface area contributed by atoms with Gasteiger partial charge in [0, 0.05) is 30.3 Å². The first-order valence-corrected chi connectivity index (χ1v) is 18.4. The number of esters is 2. The van der Waals surface area contributed by atoms with Gasteiger partial charge in [-0.1, -0.05) is 69.3 Å². The van der Waals surface area contributed by atoms with Gasteiger partial charge in [0.15, 0.2) is 0 Å². The molecule has 49 heavy (non-hydrogen) atoms. The maximum absolute atomic E-state index is 12.0. The van der Waals surface area contributed by atoms with Crippen LogP contribution in [0, 0.1) is 5.92 Å². The number of rotatable bonds is 22. The Morgan fingerprint density at radius 1 is 0.735 bits per heavy atom. The van der Waals surface area contributed by atoms with Crippen LogP contribution in [0.4, 0.5) is 0 Å². The van der Waals surface area contributed by atoms with Crippen molar-refractivity contribution in [3.05, 3.63) is 88.5 Å². The number of aliphatic hydroxyl groups excluding tert-OH is 2. The van der Waals surface area contributed by atoms with Gasteiger partial charge in [0.05, 0.1) is 19.8 Å². The zero-order chi connectivity index (χ0) is 35.6. The highest BCUT2D eigenvalue weighted by Crippen LogP contribution is 2.42. The number of ether oxygens (including phenoxy) is 3. The SMILES string of the molecule is C=C(C)C(=O)OCCCc1cc(C2CCC(c3ccc(CCCCC)cc3)CC2)cc(CCCOC(=O)C(=C)C)c1OCCC(CO)CO. The Balaban J connectivity index is 1.81. The topological polar surface area (TPSA) is 102 Å². The van der Waals surface area contributed by atoms with E-state index in [1.54, 1.807) is 13.8 Å². The van der Waals surface area contributed by atoms with Crippen molar-refractivity contribution >= 4 is 11.9 Å². The van der Waals surface area contributed by atoms with E-state index in [1.807, 2.05) is 0 Å². The fraction of sp³-hybridized carbons (Fsp3) is 0.571. The number of carbonyl (C=O) groups is 2. The third kappa shape index (κ3) is 13.4. The second kappa shape index (κ2) is 21.6. The predicted octanol–water partition coefficient (Wildman–Crippen LogP) is 8.33. The number of benzene rings is 2. The molecule has 0 atom stereocenters. The molecule has 0 amide bonds. The zero-order valence-corrected chi connectivity index (χ0v) is 30.3. The molecule has 0 saturated heterocycles. The van der Waals surface area contributed by atoms with Crippen LogP contribution in [0.15, 0.2) is 60.7 Å². The van der Waals surface area contributed by atoms with Crippen LogP contribution in [-0.4, -0.2) is 55.2 Å². The largest absolute Gasteiger partial charge is 0.493 e. The van der Waals surface area contributed by atoms with Crippen LogP contribution in [0.5, 0.6) is 5.75 Å². The molecule has 2 aromatic carbocycles. The lowest BCUT2D eigenvalue weighted by Crippen LogP contribution is -2.17. The van der Waals surface area contributed by atoms with E-state index in [9.17, 15) is 19.8 Å². The molecule has 0 aliphatic heterocycles. The molecule has 0 radical (unpaired) electrons. The van der Waals surface area contributed by atoms with Crippen molar-refractivity contribution < 1.29 is 34.0 Å². The number of unbranched alkanes of at least 4 members (excludes halogenated alkanes) is 2. The summed E-state index contributed by atoms with van der Waals surface area (Å²) in [5.41, 5.74) is 7.04. The fourth-order valence-electron chi connectivity index (χ4n) is 6.54. The van der Waals surface area contributed by atoms with Gasteiger partial charge in [-0.25, -0.2) is 9.59 Å². The highest BCUT2D eigenvalue weighted by Gasteiger charge is 2.25. The molecule has 2 N–H and O–H groups in total. The highest BCUT2D eigenvalue weighted by atomic mass is 16.5. The number of carbonyl (C=O) groups excluding carboxylic acids is 2. The zero-order valence-electron chi connectivity index (χ0n) is 30.3. The van der Waals surface area contributed by atoms with E-state index in [-0.39, 0.29) is 32.3 Å². The molecular formula is C42H60O7. The molecular weight excluding hydrogens is 616 g/mol. The van der Waals surface area contributed by atoms with Gasteiger partial charge < -0.3 is 24.4 Å². The molecule has 1 aliphatic rings. The maximum atomic E-state index is 12.0. The molecule has 270 valence electrons. The average molecular weight is 677 g/mol. The molecule has 7 heteroatoms. The second-order valence-corrected chi connectivity index (χ2v) is 13.8. The molecule has 1 saturated carbocycles. The van der Waals surface area contributed by atoms with Crippen LogP contribution in [0.1, 0.15) is 125 Å². The first-order valence-electron chi connectivity index (χ1n) is 18.4. The Morgan fingerprint density at radius 2 is 1.24 bits per heavy atom. The van der Waals surface area contributed by atoms with Gasteiger partial charge in [-0.05, 0) is 124 Å². The van der Waals surface area contributed by atoms with E-state index in [2.05, 4.69) is 56.5 Å². The summed E-state index contributed by atoms with van der Waals surface area (Å²) in [7, 11) is 0. The van der Waals surface area contributed by atoms with Gasteiger partial charge >= 0.3 is 11.9 Å². The van der Waals surface area contributed by atoms with E-state index in [4.69, 9.17) is 14.2 Å². The van der Waals surface area contributed by atoms with Crippen LogP contribution in [0.3, 0.4) is 0 Å². The first kappa shape index (κ1) is 40.0. The minimum atomic E-state index is -0.392. The van der Waals surface area contributed by atoms with E-state index in [0.717, 1.165) is 49.0 Å². The Labute approximate surface area is 294 Å².